The van der Waals surface area contributed by atoms with Crippen molar-refractivity contribution in [3.63, 3.8) is 0 Å². The highest BCUT2D eigenvalue weighted by atomic mass is 16.5. The summed E-state index contributed by atoms with van der Waals surface area (Å²) < 4.78 is 7.19. The summed E-state index contributed by atoms with van der Waals surface area (Å²) in [5.41, 5.74) is 2.26. The molecule has 2 aromatic carbocycles. The highest BCUT2D eigenvalue weighted by molar-refractivity contribution is 6.46. The molecule has 0 spiro atoms. The molecule has 1 fully saturated rings. The SMILES string of the molecule is COc1cccc(/C(O)=C2\C(=O)C(=O)N(CCCn3ccnc3)C2c2ccc(N(C)C)cc2)c1. The molecule has 4 rings (SSSR count). The third-order valence-electron chi connectivity index (χ3n) is 5.98. The zero-order valence-electron chi connectivity index (χ0n) is 19.5. The van der Waals surface area contributed by atoms with Gasteiger partial charge in [-0.2, -0.15) is 0 Å². The summed E-state index contributed by atoms with van der Waals surface area (Å²) in [4.78, 5) is 33.8. The van der Waals surface area contributed by atoms with Gasteiger partial charge in [0.15, 0.2) is 0 Å². The van der Waals surface area contributed by atoms with Gasteiger partial charge in [-0.1, -0.05) is 24.3 Å². The Morgan fingerprint density at radius 1 is 1.12 bits per heavy atom. The van der Waals surface area contributed by atoms with E-state index in [9.17, 15) is 14.7 Å². The van der Waals surface area contributed by atoms with Crippen molar-refractivity contribution in [2.75, 3.05) is 32.6 Å². The molecule has 176 valence electrons. The second kappa shape index (κ2) is 9.82. The van der Waals surface area contributed by atoms with E-state index in [0.717, 1.165) is 11.3 Å². The molecule has 1 aliphatic heterocycles. The van der Waals surface area contributed by atoms with Gasteiger partial charge in [0.05, 0.1) is 25.1 Å². The molecule has 8 heteroatoms. The molecule has 0 saturated carbocycles. The van der Waals surface area contributed by atoms with E-state index in [1.807, 2.05) is 54.0 Å². The molecule has 8 nitrogen and oxygen atoms in total. The van der Waals surface area contributed by atoms with E-state index in [1.54, 1.807) is 41.7 Å². The average molecular weight is 461 g/mol. The Morgan fingerprint density at radius 2 is 1.88 bits per heavy atom. The molecule has 0 radical (unpaired) electrons. The zero-order valence-corrected chi connectivity index (χ0v) is 19.5. The molecule has 3 aromatic rings. The maximum absolute atomic E-state index is 13.2. The molecular weight excluding hydrogens is 432 g/mol. The standard InChI is InChI=1S/C26H28N4O4/c1-28(2)20-10-8-18(9-11-20)23-22(24(31)19-6-4-7-21(16-19)34-3)25(32)26(33)30(23)14-5-13-29-15-12-27-17-29/h4,6-12,15-17,23,31H,5,13-14H2,1-3H3/b24-22+. The van der Waals surface area contributed by atoms with Crippen LogP contribution in [0.1, 0.15) is 23.6 Å². The van der Waals surface area contributed by atoms with E-state index in [4.69, 9.17) is 4.74 Å². The van der Waals surface area contributed by atoms with Crippen LogP contribution in [0.25, 0.3) is 5.76 Å². The van der Waals surface area contributed by atoms with Crippen LogP contribution in [0, 0.1) is 0 Å². The number of aryl methyl sites for hydroxylation is 1. The molecule has 1 unspecified atom stereocenters. The molecule has 0 bridgehead atoms. The largest absolute Gasteiger partial charge is 0.507 e. The highest BCUT2D eigenvalue weighted by Gasteiger charge is 2.45. The highest BCUT2D eigenvalue weighted by Crippen LogP contribution is 2.40. The van der Waals surface area contributed by atoms with E-state index in [-0.39, 0.29) is 11.3 Å². The number of methoxy groups -OCH3 is 1. The topological polar surface area (TPSA) is 87.9 Å². The van der Waals surface area contributed by atoms with Gasteiger partial charge in [0, 0.05) is 50.8 Å². The Labute approximate surface area is 198 Å². The average Bonchev–Trinajstić information content (AvgIpc) is 3.46. The van der Waals surface area contributed by atoms with Crippen LogP contribution in [-0.2, 0) is 16.1 Å². The van der Waals surface area contributed by atoms with E-state index in [2.05, 4.69) is 4.98 Å². The lowest BCUT2D eigenvalue weighted by atomic mass is 9.95. The first-order valence-corrected chi connectivity index (χ1v) is 11.1. The second-order valence-corrected chi connectivity index (χ2v) is 8.36. The lowest BCUT2D eigenvalue weighted by molar-refractivity contribution is -0.139. The number of carbonyl (C=O) groups is 2. The van der Waals surface area contributed by atoms with Gasteiger partial charge in [-0.05, 0) is 36.2 Å². The van der Waals surface area contributed by atoms with Crippen LogP contribution in [0.5, 0.6) is 5.75 Å². The monoisotopic (exact) mass is 460 g/mol. The Bertz CT molecular complexity index is 1200. The summed E-state index contributed by atoms with van der Waals surface area (Å²) in [7, 11) is 5.42. The number of aliphatic hydroxyl groups excluding tert-OH is 1. The maximum atomic E-state index is 13.2. The number of carbonyl (C=O) groups excluding carboxylic acids is 2. The molecule has 1 aromatic heterocycles. The lowest BCUT2D eigenvalue weighted by Crippen LogP contribution is -2.31. The summed E-state index contributed by atoms with van der Waals surface area (Å²) in [6.45, 7) is 1.02. The smallest absolute Gasteiger partial charge is 0.295 e. The van der Waals surface area contributed by atoms with Crippen LogP contribution in [0.3, 0.4) is 0 Å². The molecule has 34 heavy (non-hydrogen) atoms. The van der Waals surface area contributed by atoms with E-state index in [1.165, 1.54) is 7.11 Å². The van der Waals surface area contributed by atoms with Crippen LogP contribution in [0.15, 0.2) is 72.8 Å². The van der Waals surface area contributed by atoms with Gasteiger partial charge < -0.3 is 24.2 Å². The number of imidazole rings is 1. The van der Waals surface area contributed by atoms with E-state index >= 15 is 0 Å². The summed E-state index contributed by atoms with van der Waals surface area (Å²) in [6.07, 6.45) is 5.91. The quantitative estimate of drug-likeness (QED) is 0.315. The summed E-state index contributed by atoms with van der Waals surface area (Å²) in [5.74, 6) is -0.969. The van der Waals surface area contributed by atoms with Gasteiger partial charge in [0.2, 0.25) is 0 Å². The fraction of sp³-hybridized carbons (Fsp3) is 0.269. The predicted octanol–water partition coefficient (Wildman–Crippen LogP) is 3.47. The number of benzene rings is 2. The number of ether oxygens (including phenoxy) is 1. The number of likely N-dealkylation sites (tertiary alicyclic amines) is 1. The van der Waals surface area contributed by atoms with Crippen molar-refractivity contribution >= 4 is 23.1 Å². The fourth-order valence-electron chi connectivity index (χ4n) is 4.18. The van der Waals surface area contributed by atoms with Crippen LogP contribution >= 0.6 is 0 Å². The zero-order chi connectivity index (χ0) is 24.2. The molecule has 1 saturated heterocycles. The number of nitrogens with zero attached hydrogens (tertiary/aromatic N) is 4. The summed E-state index contributed by atoms with van der Waals surface area (Å²) >= 11 is 0. The number of anilines is 1. The minimum Gasteiger partial charge on any atom is -0.507 e. The van der Waals surface area contributed by atoms with Crippen LogP contribution in [0.4, 0.5) is 5.69 Å². The molecule has 0 aliphatic carbocycles. The first-order chi connectivity index (χ1) is 16.4. The Kier molecular flexibility index (Phi) is 6.67. The van der Waals surface area contributed by atoms with Crippen molar-refractivity contribution in [2.24, 2.45) is 0 Å². The number of rotatable bonds is 8. The lowest BCUT2D eigenvalue weighted by Gasteiger charge is -2.26. The first-order valence-electron chi connectivity index (χ1n) is 11.1. The number of aliphatic hydroxyl groups is 1. The van der Waals surface area contributed by atoms with Crippen molar-refractivity contribution in [3.8, 4) is 5.75 Å². The summed E-state index contributed by atoms with van der Waals surface area (Å²) in [6, 6.07) is 13.8. The van der Waals surface area contributed by atoms with Crippen LogP contribution in [-0.4, -0.2) is 59.0 Å². The van der Waals surface area contributed by atoms with Crippen molar-refractivity contribution in [3.05, 3.63) is 84.0 Å². The van der Waals surface area contributed by atoms with Crippen molar-refractivity contribution < 1.29 is 19.4 Å². The third-order valence-corrected chi connectivity index (χ3v) is 5.98. The van der Waals surface area contributed by atoms with Gasteiger partial charge in [-0.15, -0.1) is 0 Å². The molecule has 1 atom stereocenters. The van der Waals surface area contributed by atoms with Crippen molar-refractivity contribution in [2.45, 2.75) is 19.0 Å². The molecular formula is C26H28N4O4. The van der Waals surface area contributed by atoms with Crippen LogP contribution in [0.2, 0.25) is 0 Å². The number of amides is 1. The normalized spacial score (nSPS) is 17.3. The molecule has 1 aliphatic rings. The predicted molar refractivity (Wildman–Crippen MR) is 130 cm³/mol. The number of hydrogen-bond donors (Lipinski definition) is 1. The third kappa shape index (κ3) is 4.52. The Balaban J connectivity index is 1.74. The Morgan fingerprint density at radius 3 is 2.53 bits per heavy atom. The Hall–Kier alpha value is -4.07. The summed E-state index contributed by atoms with van der Waals surface area (Å²) in [5, 5.41) is 11.2. The van der Waals surface area contributed by atoms with E-state index in [0.29, 0.717) is 30.8 Å². The van der Waals surface area contributed by atoms with Gasteiger partial charge in [-0.25, -0.2) is 4.98 Å². The fourth-order valence-corrected chi connectivity index (χ4v) is 4.18. The van der Waals surface area contributed by atoms with Gasteiger partial charge in [0.1, 0.15) is 11.5 Å². The minimum atomic E-state index is -0.690. The second-order valence-electron chi connectivity index (χ2n) is 8.36. The van der Waals surface area contributed by atoms with Crippen molar-refractivity contribution in [1.82, 2.24) is 14.5 Å². The first kappa shape index (κ1) is 23.1. The maximum Gasteiger partial charge on any atom is 0.295 e. The number of hydrogen-bond acceptors (Lipinski definition) is 6. The van der Waals surface area contributed by atoms with E-state index < -0.39 is 17.7 Å². The minimum absolute atomic E-state index is 0.0819. The number of Topliss-reactive ketones (excluding diaryl/α,β-unsaturated/α-hetero) is 1. The van der Waals surface area contributed by atoms with Gasteiger partial charge in [0.25, 0.3) is 11.7 Å². The molecule has 1 N–H and O–H groups in total. The molecule has 2 heterocycles. The van der Waals surface area contributed by atoms with Crippen molar-refractivity contribution in [1.29, 1.82) is 0 Å². The van der Waals surface area contributed by atoms with Gasteiger partial charge >= 0.3 is 0 Å². The van der Waals surface area contributed by atoms with Gasteiger partial charge in [-0.3, -0.25) is 9.59 Å². The number of ketones is 1. The van der Waals surface area contributed by atoms with Crippen LogP contribution < -0.4 is 9.64 Å². The molecule has 1 amide bonds. The number of aromatic nitrogens is 2.